The van der Waals surface area contributed by atoms with Gasteiger partial charge in [-0.2, -0.15) is 0 Å². The Kier molecular flexibility index (Phi) is 63.8. The summed E-state index contributed by atoms with van der Waals surface area (Å²) in [4.78, 5) is 38.2. The molecule has 0 aliphatic heterocycles. The van der Waals surface area contributed by atoms with Gasteiger partial charge in [-0.1, -0.05) is 303 Å². The largest absolute Gasteiger partial charge is 0.462 e. The number of carbonyl (C=O) groups is 3. The van der Waals surface area contributed by atoms with E-state index in [-0.39, 0.29) is 31.1 Å². The van der Waals surface area contributed by atoms with Crippen LogP contribution in [0.5, 0.6) is 0 Å². The summed E-state index contributed by atoms with van der Waals surface area (Å²) < 4.78 is 16.9. The van der Waals surface area contributed by atoms with Crippen molar-refractivity contribution in [2.45, 2.75) is 316 Å². The Hall–Kier alpha value is -4.19. The molecule has 6 heteroatoms. The maximum atomic E-state index is 12.9. The summed E-state index contributed by atoms with van der Waals surface area (Å²) in [5.74, 6) is -0.882. The van der Waals surface area contributed by atoms with Crippen molar-refractivity contribution in [3.63, 3.8) is 0 Å². The van der Waals surface area contributed by atoms with Crippen LogP contribution < -0.4 is 0 Å². The summed E-state index contributed by atoms with van der Waals surface area (Å²) in [7, 11) is 0. The summed E-state index contributed by atoms with van der Waals surface area (Å²) in [6.45, 7) is 6.40. The molecule has 0 rings (SSSR count). The minimum Gasteiger partial charge on any atom is -0.462 e. The van der Waals surface area contributed by atoms with Crippen LogP contribution >= 0.6 is 0 Å². The molecule has 456 valence electrons. The third kappa shape index (κ3) is 64.6. The van der Waals surface area contributed by atoms with E-state index in [9.17, 15) is 14.4 Å². The molecule has 0 amide bonds. The Balaban J connectivity index is 4.15. The molecule has 0 aliphatic rings. The summed E-state index contributed by atoms with van der Waals surface area (Å²) in [6.07, 6.45) is 93.7. The molecule has 0 spiro atoms. The van der Waals surface area contributed by atoms with Crippen LogP contribution in [0.25, 0.3) is 0 Å². The average molecular weight is 1110 g/mol. The van der Waals surface area contributed by atoms with Crippen LogP contribution in [0.3, 0.4) is 0 Å². The number of rotatable bonds is 60. The number of hydrogen-bond donors (Lipinski definition) is 0. The Labute approximate surface area is 494 Å². The Morgan fingerprint density at radius 1 is 0.263 bits per heavy atom. The van der Waals surface area contributed by atoms with E-state index in [4.69, 9.17) is 14.2 Å². The molecule has 0 bridgehead atoms. The zero-order chi connectivity index (χ0) is 57.8. The van der Waals surface area contributed by atoms with Gasteiger partial charge in [0.2, 0.25) is 0 Å². The first-order chi connectivity index (χ1) is 39.5. The molecule has 0 saturated carbocycles. The van der Waals surface area contributed by atoms with E-state index in [0.29, 0.717) is 19.3 Å². The number of esters is 3. The lowest BCUT2D eigenvalue weighted by Crippen LogP contribution is -2.30. The molecule has 80 heavy (non-hydrogen) atoms. The zero-order valence-corrected chi connectivity index (χ0v) is 52.3. The SMILES string of the molecule is CC/C=C\C/C=C\C/C=C\C/C=C\C/C=C\C/C=C\CCCCCCCCCCCCCCC(=O)OCC(COC(=O)CCCCCCCCCC)OC(=O)CCCCCCCCCCCC/C=C\C/C=C\C/C=C\C/C=C\CC. The molecule has 0 N–H and O–H groups in total. The highest BCUT2D eigenvalue weighted by atomic mass is 16.6. The van der Waals surface area contributed by atoms with Gasteiger partial charge >= 0.3 is 17.9 Å². The van der Waals surface area contributed by atoms with Crippen molar-refractivity contribution in [3.05, 3.63) is 122 Å². The topological polar surface area (TPSA) is 78.9 Å². The number of allylic oxidation sites excluding steroid dienone is 20. The molecular formula is C74H124O6. The molecule has 6 nitrogen and oxygen atoms in total. The van der Waals surface area contributed by atoms with Crippen molar-refractivity contribution in [3.8, 4) is 0 Å². The summed E-state index contributed by atoms with van der Waals surface area (Å²) >= 11 is 0. The van der Waals surface area contributed by atoms with Gasteiger partial charge in [-0.05, 0) is 109 Å². The number of ether oxygens (including phenoxy) is 3. The number of unbranched alkanes of at least 4 members (excludes halogenated alkanes) is 29. The van der Waals surface area contributed by atoms with E-state index in [0.717, 1.165) is 122 Å². The lowest BCUT2D eigenvalue weighted by molar-refractivity contribution is -0.167. The lowest BCUT2D eigenvalue weighted by Gasteiger charge is -2.18. The van der Waals surface area contributed by atoms with Gasteiger partial charge < -0.3 is 14.2 Å². The van der Waals surface area contributed by atoms with E-state index in [1.165, 1.54) is 148 Å². The standard InChI is InChI=1S/C74H124O6/c1-4-7-10-13-16-19-21-23-25-27-29-31-33-34-35-36-37-38-39-40-42-43-45-47-49-51-53-55-58-61-64-67-73(76)79-70-71(69-78-72(75)66-63-60-57-18-15-12-9-6-3)80-74(77)68-65-62-59-56-54-52-50-48-46-44-41-32-30-28-26-24-22-20-17-14-11-8-5-2/h7-8,10-11,16-17,19-20,23-26,29-32,34-35,37-38,71H,4-6,9,12-15,18,21-22,27-28,33,36,39-70H2,1-3H3/b10-7-,11-8-,19-16-,20-17-,25-23-,26-24-,31-29-,32-30-,35-34-,38-37-. The van der Waals surface area contributed by atoms with Crippen molar-refractivity contribution in [2.75, 3.05) is 13.2 Å². The Morgan fingerprint density at radius 2 is 0.487 bits per heavy atom. The van der Waals surface area contributed by atoms with Crippen molar-refractivity contribution in [1.82, 2.24) is 0 Å². The molecular weight excluding hydrogens is 985 g/mol. The molecule has 0 aromatic rings. The zero-order valence-electron chi connectivity index (χ0n) is 52.3. The second-order valence-electron chi connectivity index (χ2n) is 22.0. The van der Waals surface area contributed by atoms with Crippen LogP contribution in [0.2, 0.25) is 0 Å². The van der Waals surface area contributed by atoms with Crippen LogP contribution in [0.1, 0.15) is 310 Å². The van der Waals surface area contributed by atoms with Gasteiger partial charge in [0.1, 0.15) is 13.2 Å². The maximum Gasteiger partial charge on any atom is 0.306 e. The van der Waals surface area contributed by atoms with Crippen LogP contribution in [-0.4, -0.2) is 37.2 Å². The first kappa shape index (κ1) is 75.8. The summed E-state index contributed by atoms with van der Waals surface area (Å²) in [5, 5.41) is 0. The van der Waals surface area contributed by atoms with E-state index in [1.807, 2.05) is 0 Å². The van der Waals surface area contributed by atoms with Gasteiger partial charge in [-0.15, -0.1) is 0 Å². The maximum absolute atomic E-state index is 12.9. The fourth-order valence-electron chi connectivity index (χ4n) is 9.26. The molecule has 0 radical (unpaired) electrons. The van der Waals surface area contributed by atoms with Crippen molar-refractivity contribution in [1.29, 1.82) is 0 Å². The van der Waals surface area contributed by atoms with Gasteiger partial charge in [0.25, 0.3) is 0 Å². The molecule has 1 atom stereocenters. The van der Waals surface area contributed by atoms with Crippen LogP contribution in [-0.2, 0) is 28.6 Å². The summed E-state index contributed by atoms with van der Waals surface area (Å²) in [5.41, 5.74) is 0. The highest BCUT2D eigenvalue weighted by Gasteiger charge is 2.19. The predicted octanol–water partition coefficient (Wildman–Crippen LogP) is 23.2. The Bertz CT molecular complexity index is 1650. The van der Waals surface area contributed by atoms with E-state index >= 15 is 0 Å². The minimum atomic E-state index is -0.781. The van der Waals surface area contributed by atoms with Gasteiger partial charge in [-0.3, -0.25) is 14.4 Å². The van der Waals surface area contributed by atoms with E-state index in [2.05, 4.69) is 142 Å². The normalized spacial score (nSPS) is 12.9. The van der Waals surface area contributed by atoms with Gasteiger partial charge in [0.15, 0.2) is 6.10 Å². The summed E-state index contributed by atoms with van der Waals surface area (Å²) in [6, 6.07) is 0. The fraction of sp³-hybridized carbons (Fsp3) is 0.689. The third-order valence-electron chi connectivity index (χ3n) is 14.2. The fourth-order valence-corrected chi connectivity index (χ4v) is 9.26. The highest BCUT2D eigenvalue weighted by Crippen LogP contribution is 2.16. The molecule has 0 aliphatic carbocycles. The first-order valence-corrected chi connectivity index (χ1v) is 33.5. The van der Waals surface area contributed by atoms with Crippen molar-refractivity contribution < 1.29 is 28.6 Å². The quantitative estimate of drug-likeness (QED) is 0.0261. The van der Waals surface area contributed by atoms with Gasteiger partial charge in [0.05, 0.1) is 0 Å². The smallest absolute Gasteiger partial charge is 0.306 e. The third-order valence-corrected chi connectivity index (χ3v) is 14.2. The second kappa shape index (κ2) is 67.3. The monoisotopic (exact) mass is 1110 g/mol. The van der Waals surface area contributed by atoms with Crippen LogP contribution in [0.15, 0.2) is 122 Å². The van der Waals surface area contributed by atoms with Crippen LogP contribution in [0, 0.1) is 0 Å². The van der Waals surface area contributed by atoms with Crippen molar-refractivity contribution in [2.24, 2.45) is 0 Å². The molecule has 0 heterocycles. The minimum absolute atomic E-state index is 0.0790. The number of hydrogen-bond acceptors (Lipinski definition) is 6. The van der Waals surface area contributed by atoms with E-state index in [1.54, 1.807) is 0 Å². The molecule has 0 saturated heterocycles. The van der Waals surface area contributed by atoms with E-state index < -0.39 is 6.10 Å². The van der Waals surface area contributed by atoms with Crippen molar-refractivity contribution >= 4 is 17.9 Å². The first-order valence-electron chi connectivity index (χ1n) is 33.5. The molecule has 1 unspecified atom stereocenters. The van der Waals surface area contributed by atoms with Gasteiger partial charge in [0, 0.05) is 19.3 Å². The Morgan fingerprint density at radius 3 is 0.762 bits per heavy atom. The average Bonchev–Trinajstić information content (AvgIpc) is 3.46. The van der Waals surface area contributed by atoms with Gasteiger partial charge in [-0.25, -0.2) is 0 Å². The molecule has 0 aromatic carbocycles. The lowest BCUT2D eigenvalue weighted by atomic mass is 10.0. The molecule has 0 aromatic heterocycles. The number of carbonyl (C=O) groups excluding carboxylic acids is 3. The second-order valence-corrected chi connectivity index (χ2v) is 22.0. The molecule has 0 fully saturated rings. The predicted molar refractivity (Wildman–Crippen MR) is 348 cm³/mol. The highest BCUT2D eigenvalue weighted by molar-refractivity contribution is 5.71. The van der Waals surface area contributed by atoms with Crippen LogP contribution in [0.4, 0.5) is 0 Å².